The van der Waals surface area contributed by atoms with Crippen LogP contribution in [0.15, 0.2) is 6.07 Å². The van der Waals surface area contributed by atoms with Gasteiger partial charge in [0.1, 0.15) is 6.04 Å². The van der Waals surface area contributed by atoms with Gasteiger partial charge in [-0.15, -0.1) is 11.3 Å². The maximum Gasteiger partial charge on any atom is 0.320 e. The molecular weight excluding hydrogens is 186 g/mol. The Labute approximate surface area is 81.2 Å². The lowest BCUT2D eigenvalue weighted by molar-refractivity contribution is -0.138. The number of aliphatic carboxylic acids is 1. The Morgan fingerprint density at radius 3 is 2.69 bits per heavy atom. The molecule has 1 aromatic rings. The lowest BCUT2D eigenvalue weighted by Gasteiger charge is -2.04. The largest absolute Gasteiger partial charge is 0.480 e. The lowest BCUT2D eigenvalue weighted by Crippen LogP contribution is -2.32. The predicted octanol–water partition coefficient (Wildman–Crippen LogP) is 1.32. The smallest absolute Gasteiger partial charge is 0.320 e. The third-order valence-electron chi connectivity index (χ3n) is 1.87. The van der Waals surface area contributed by atoms with Crippen molar-refractivity contribution in [3.8, 4) is 0 Å². The number of hydrogen-bond acceptors (Lipinski definition) is 3. The van der Waals surface area contributed by atoms with Gasteiger partial charge in [0.25, 0.3) is 0 Å². The quantitative estimate of drug-likeness (QED) is 0.771. The average Bonchev–Trinajstić information content (AvgIpc) is 2.30. The molecule has 72 valence electrons. The molecular formula is C9H13NO2S. The molecule has 3 nitrogen and oxygen atoms in total. The normalized spacial score (nSPS) is 12.8. The van der Waals surface area contributed by atoms with Crippen LogP contribution in [0.4, 0.5) is 0 Å². The summed E-state index contributed by atoms with van der Waals surface area (Å²) < 4.78 is 0. The lowest BCUT2D eigenvalue weighted by atomic mass is 10.1. The van der Waals surface area contributed by atoms with Crippen molar-refractivity contribution in [2.75, 3.05) is 0 Å². The summed E-state index contributed by atoms with van der Waals surface area (Å²) in [7, 11) is 0. The van der Waals surface area contributed by atoms with E-state index < -0.39 is 12.0 Å². The van der Waals surface area contributed by atoms with E-state index in [1.54, 1.807) is 11.3 Å². The van der Waals surface area contributed by atoms with Gasteiger partial charge in [-0.1, -0.05) is 0 Å². The summed E-state index contributed by atoms with van der Waals surface area (Å²) >= 11 is 1.62. The van der Waals surface area contributed by atoms with Gasteiger partial charge in [0.05, 0.1) is 0 Å². The zero-order valence-corrected chi connectivity index (χ0v) is 8.52. The van der Waals surface area contributed by atoms with E-state index in [0.29, 0.717) is 6.42 Å². The summed E-state index contributed by atoms with van der Waals surface area (Å²) in [4.78, 5) is 12.8. The van der Waals surface area contributed by atoms with Crippen LogP contribution in [0.25, 0.3) is 0 Å². The maximum atomic E-state index is 10.5. The van der Waals surface area contributed by atoms with Crippen LogP contribution in [-0.2, 0) is 11.2 Å². The topological polar surface area (TPSA) is 63.3 Å². The van der Waals surface area contributed by atoms with Gasteiger partial charge in [-0.2, -0.15) is 0 Å². The Hall–Kier alpha value is -0.870. The molecule has 3 N–H and O–H groups in total. The standard InChI is InChI=1S/C9H13NO2S/c1-5-3-6(2)13-8(5)4-7(10)9(11)12/h3,7H,4,10H2,1-2H3,(H,11,12)/t7-/m1/s1. The fourth-order valence-electron chi connectivity index (χ4n) is 1.18. The van der Waals surface area contributed by atoms with Crippen molar-refractivity contribution in [2.24, 2.45) is 5.73 Å². The fourth-order valence-corrected chi connectivity index (χ4v) is 2.29. The van der Waals surface area contributed by atoms with Crippen molar-refractivity contribution < 1.29 is 9.90 Å². The molecule has 1 heterocycles. The van der Waals surface area contributed by atoms with E-state index in [0.717, 1.165) is 10.4 Å². The SMILES string of the molecule is Cc1cc(C)c(C[C@@H](N)C(=O)O)s1. The first-order chi connectivity index (χ1) is 6.00. The number of nitrogens with two attached hydrogens (primary N) is 1. The monoisotopic (exact) mass is 199 g/mol. The molecule has 0 saturated carbocycles. The van der Waals surface area contributed by atoms with E-state index in [2.05, 4.69) is 6.07 Å². The summed E-state index contributed by atoms with van der Waals surface area (Å²) in [5.74, 6) is -0.939. The van der Waals surface area contributed by atoms with Crippen LogP contribution >= 0.6 is 11.3 Å². The first-order valence-electron chi connectivity index (χ1n) is 4.05. The molecule has 1 atom stereocenters. The van der Waals surface area contributed by atoms with Gasteiger partial charge in [0.2, 0.25) is 0 Å². The number of rotatable bonds is 3. The number of carboxylic acids is 1. The number of aryl methyl sites for hydroxylation is 2. The molecule has 0 aliphatic rings. The van der Waals surface area contributed by atoms with E-state index >= 15 is 0 Å². The highest BCUT2D eigenvalue weighted by Gasteiger charge is 2.14. The van der Waals surface area contributed by atoms with Crippen molar-refractivity contribution in [1.82, 2.24) is 0 Å². The highest BCUT2D eigenvalue weighted by atomic mass is 32.1. The maximum absolute atomic E-state index is 10.5. The molecule has 13 heavy (non-hydrogen) atoms. The fraction of sp³-hybridized carbons (Fsp3) is 0.444. The second-order valence-electron chi connectivity index (χ2n) is 3.11. The predicted molar refractivity (Wildman–Crippen MR) is 53.1 cm³/mol. The van der Waals surface area contributed by atoms with Crippen molar-refractivity contribution >= 4 is 17.3 Å². The van der Waals surface area contributed by atoms with Crippen LogP contribution in [0.2, 0.25) is 0 Å². The Balaban J connectivity index is 2.74. The van der Waals surface area contributed by atoms with Crippen molar-refractivity contribution in [1.29, 1.82) is 0 Å². The molecule has 0 fully saturated rings. The number of thiophene rings is 1. The second kappa shape index (κ2) is 3.89. The molecule has 0 aliphatic carbocycles. The van der Waals surface area contributed by atoms with Crippen LogP contribution in [-0.4, -0.2) is 17.1 Å². The molecule has 4 heteroatoms. The molecule has 0 aromatic carbocycles. The highest BCUT2D eigenvalue weighted by molar-refractivity contribution is 7.12. The van der Waals surface area contributed by atoms with E-state index in [1.807, 2.05) is 13.8 Å². The molecule has 0 aliphatic heterocycles. The Morgan fingerprint density at radius 2 is 2.31 bits per heavy atom. The van der Waals surface area contributed by atoms with Crippen LogP contribution in [0.3, 0.4) is 0 Å². The number of carboxylic acid groups (broad SMARTS) is 1. The van der Waals surface area contributed by atoms with Gasteiger partial charge >= 0.3 is 5.97 Å². The highest BCUT2D eigenvalue weighted by Crippen LogP contribution is 2.21. The van der Waals surface area contributed by atoms with Gasteiger partial charge in [-0.3, -0.25) is 4.79 Å². The zero-order valence-electron chi connectivity index (χ0n) is 7.70. The minimum atomic E-state index is -0.939. The van der Waals surface area contributed by atoms with Gasteiger partial charge in [-0.05, 0) is 25.5 Å². The minimum Gasteiger partial charge on any atom is -0.480 e. The number of carbonyl (C=O) groups is 1. The third kappa shape index (κ3) is 2.54. The van der Waals surface area contributed by atoms with Crippen LogP contribution in [0, 0.1) is 13.8 Å². The Bertz CT molecular complexity index is 319. The molecule has 1 rings (SSSR count). The van der Waals surface area contributed by atoms with Crippen LogP contribution in [0.1, 0.15) is 15.3 Å². The third-order valence-corrected chi connectivity index (χ3v) is 3.04. The summed E-state index contributed by atoms with van der Waals surface area (Å²) in [6, 6.07) is 1.27. The molecule has 0 spiro atoms. The molecule has 1 aromatic heterocycles. The van der Waals surface area contributed by atoms with E-state index in [-0.39, 0.29) is 0 Å². The van der Waals surface area contributed by atoms with E-state index in [1.165, 1.54) is 4.88 Å². The van der Waals surface area contributed by atoms with E-state index in [9.17, 15) is 4.79 Å². The van der Waals surface area contributed by atoms with Crippen molar-refractivity contribution in [3.05, 3.63) is 21.4 Å². The number of hydrogen-bond donors (Lipinski definition) is 2. The molecule has 0 saturated heterocycles. The van der Waals surface area contributed by atoms with Crippen molar-refractivity contribution in [2.45, 2.75) is 26.3 Å². The summed E-state index contributed by atoms with van der Waals surface area (Å²) in [5.41, 5.74) is 6.57. The average molecular weight is 199 g/mol. The minimum absolute atomic E-state index is 0.430. The molecule has 0 bridgehead atoms. The molecule has 0 radical (unpaired) electrons. The van der Waals surface area contributed by atoms with Gasteiger partial charge in [0.15, 0.2) is 0 Å². The summed E-state index contributed by atoms with van der Waals surface area (Å²) in [6.45, 7) is 3.99. The second-order valence-corrected chi connectivity index (χ2v) is 4.45. The van der Waals surface area contributed by atoms with Gasteiger partial charge in [-0.25, -0.2) is 0 Å². The first-order valence-corrected chi connectivity index (χ1v) is 4.86. The first kappa shape index (κ1) is 10.2. The zero-order chi connectivity index (χ0) is 10.0. The van der Waals surface area contributed by atoms with Crippen molar-refractivity contribution in [3.63, 3.8) is 0 Å². The van der Waals surface area contributed by atoms with Gasteiger partial charge in [0, 0.05) is 16.2 Å². The van der Waals surface area contributed by atoms with Gasteiger partial charge < -0.3 is 10.8 Å². The van der Waals surface area contributed by atoms with Crippen LogP contribution < -0.4 is 5.73 Å². The van der Waals surface area contributed by atoms with Crippen LogP contribution in [0.5, 0.6) is 0 Å². The summed E-state index contributed by atoms with van der Waals surface area (Å²) in [5, 5.41) is 8.62. The summed E-state index contributed by atoms with van der Waals surface area (Å²) in [6.07, 6.45) is 0.430. The molecule has 0 unspecified atom stereocenters. The Morgan fingerprint density at radius 1 is 1.69 bits per heavy atom. The molecule has 0 amide bonds. The van der Waals surface area contributed by atoms with E-state index in [4.69, 9.17) is 10.8 Å². The Kier molecular flexibility index (Phi) is 3.06.